The number of hydrogen-bond donors (Lipinski definition) is 2. The van der Waals surface area contributed by atoms with E-state index in [1.165, 1.54) is 6.07 Å². The Bertz CT molecular complexity index is 1060. The lowest BCUT2D eigenvalue weighted by Gasteiger charge is -2.38. The van der Waals surface area contributed by atoms with Crippen molar-refractivity contribution in [2.24, 2.45) is 0 Å². The molecule has 0 spiro atoms. The molecule has 2 N–H and O–H groups in total. The van der Waals surface area contributed by atoms with E-state index in [2.05, 4.69) is 25.9 Å². The molecule has 4 rings (SSSR count). The first-order valence-corrected chi connectivity index (χ1v) is 10.0. The molecule has 6 nitrogen and oxygen atoms in total. The summed E-state index contributed by atoms with van der Waals surface area (Å²) in [7, 11) is 0. The van der Waals surface area contributed by atoms with E-state index in [0.29, 0.717) is 37.6 Å². The van der Waals surface area contributed by atoms with E-state index in [4.69, 9.17) is 0 Å². The number of benzene rings is 1. The summed E-state index contributed by atoms with van der Waals surface area (Å²) in [6, 6.07) is 7.19. The van der Waals surface area contributed by atoms with Crippen molar-refractivity contribution in [3.63, 3.8) is 0 Å². The average molecular weight is 483 g/mol. The maximum Gasteiger partial charge on any atom is 0.417 e. The summed E-state index contributed by atoms with van der Waals surface area (Å²) in [5.74, 6) is -0.494. The Kier molecular flexibility index (Phi) is 5.46. The zero-order valence-corrected chi connectivity index (χ0v) is 17.2. The zero-order valence-electron chi connectivity index (χ0n) is 15.7. The minimum atomic E-state index is -4.42. The van der Waals surface area contributed by atoms with Gasteiger partial charge in [0.15, 0.2) is 0 Å². The fourth-order valence-corrected chi connectivity index (χ4v) is 4.14. The summed E-state index contributed by atoms with van der Waals surface area (Å²) in [5, 5.41) is 10.7. The van der Waals surface area contributed by atoms with Gasteiger partial charge in [0.1, 0.15) is 11.9 Å². The number of anilines is 1. The van der Waals surface area contributed by atoms with Crippen LogP contribution in [0.5, 0.6) is 0 Å². The van der Waals surface area contributed by atoms with Gasteiger partial charge in [0.05, 0.1) is 5.56 Å². The van der Waals surface area contributed by atoms with Crippen LogP contribution in [-0.2, 0) is 11.0 Å². The number of carboxylic acids is 1. The van der Waals surface area contributed by atoms with Gasteiger partial charge in [0.25, 0.3) is 0 Å². The second-order valence-corrected chi connectivity index (χ2v) is 8.02. The molecule has 0 aliphatic carbocycles. The number of hydrogen-bond acceptors (Lipinski definition) is 4. The molecule has 3 aromatic rings. The normalized spacial score (nSPS) is 16.7. The van der Waals surface area contributed by atoms with Gasteiger partial charge in [-0.2, -0.15) is 13.2 Å². The summed E-state index contributed by atoms with van der Waals surface area (Å²) >= 11 is 3.41. The van der Waals surface area contributed by atoms with Crippen LogP contribution >= 0.6 is 15.9 Å². The van der Waals surface area contributed by atoms with E-state index >= 15 is 0 Å². The highest BCUT2D eigenvalue weighted by Crippen LogP contribution is 2.32. The molecular weight excluding hydrogens is 465 g/mol. The number of aromatic nitrogens is 2. The lowest BCUT2D eigenvalue weighted by atomic mass is 10.0. The first kappa shape index (κ1) is 20.7. The second kappa shape index (κ2) is 7.92. The Morgan fingerprint density at radius 1 is 1.17 bits per heavy atom. The number of rotatable bonds is 4. The molecule has 1 aromatic carbocycles. The molecule has 0 radical (unpaired) electrons. The Morgan fingerprint density at radius 2 is 1.90 bits per heavy atom. The molecule has 1 unspecified atom stereocenters. The minimum Gasteiger partial charge on any atom is -0.480 e. The largest absolute Gasteiger partial charge is 0.480 e. The van der Waals surface area contributed by atoms with Crippen LogP contribution in [-0.4, -0.2) is 52.1 Å². The average Bonchev–Trinajstić information content (AvgIpc) is 3.10. The van der Waals surface area contributed by atoms with Crippen molar-refractivity contribution in [2.75, 3.05) is 31.1 Å². The molecule has 1 aliphatic rings. The molecule has 158 valence electrons. The Balaban J connectivity index is 1.50. The molecule has 0 saturated carbocycles. The number of alkyl halides is 3. The maximum atomic E-state index is 12.7. The molecule has 1 saturated heterocycles. The second-order valence-electron chi connectivity index (χ2n) is 7.10. The number of carbonyl (C=O) groups is 1. The van der Waals surface area contributed by atoms with Gasteiger partial charge in [0, 0.05) is 59.5 Å². The fraction of sp³-hybridized carbons (Fsp3) is 0.300. The highest BCUT2D eigenvalue weighted by Gasteiger charge is 2.33. The molecule has 3 heterocycles. The molecule has 1 atom stereocenters. The Hall–Kier alpha value is -2.59. The van der Waals surface area contributed by atoms with Crippen LogP contribution in [0.3, 0.4) is 0 Å². The third-order valence-corrected chi connectivity index (χ3v) is 5.78. The Labute approximate surface area is 178 Å². The third-order valence-electron chi connectivity index (χ3n) is 5.28. The van der Waals surface area contributed by atoms with E-state index < -0.39 is 23.8 Å². The maximum absolute atomic E-state index is 12.7. The van der Waals surface area contributed by atoms with Crippen molar-refractivity contribution < 1.29 is 23.1 Å². The van der Waals surface area contributed by atoms with Gasteiger partial charge in [0.2, 0.25) is 0 Å². The molecule has 1 aliphatic heterocycles. The van der Waals surface area contributed by atoms with E-state index in [1.54, 1.807) is 6.20 Å². The zero-order chi connectivity index (χ0) is 21.5. The van der Waals surface area contributed by atoms with Crippen molar-refractivity contribution in [1.82, 2.24) is 14.9 Å². The molecule has 30 heavy (non-hydrogen) atoms. The van der Waals surface area contributed by atoms with Crippen LogP contribution in [0.25, 0.3) is 10.9 Å². The van der Waals surface area contributed by atoms with Crippen LogP contribution < -0.4 is 4.90 Å². The number of nitrogens with one attached hydrogen (secondary N) is 1. The monoisotopic (exact) mass is 482 g/mol. The van der Waals surface area contributed by atoms with Crippen LogP contribution in [0.15, 0.2) is 47.2 Å². The van der Waals surface area contributed by atoms with Gasteiger partial charge < -0.3 is 15.0 Å². The molecule has 1 fully saturated rings. The van der Waals surface area contributed by atoms with Crippen molar-refractivity contribution in [1.29, 1.82) is 0 Å². The third kappa shape index (κ3) is 4.01. The van der Waals surface area contributed by atoms with Gasteiger partial charge >= 0.3 is 12.1 Å². The number of halogens is 4. The van der Waals surface area contributed by atoms with E-state index in [1.807, 2.05) is 28.0 Å². The number of pyridine rings is 1. The van der Waals surface area contributed by atoms with Gasteiger partial charge in [-0.15, -0.1) is 0 Å². The molecule has 0 bridgehead atoms. The number of aliphatic carboxylic acids is 1. The fourth-order valence-electron chi connectivity index (χ4n) is 3.78. The minimum absolute atomic E-state index is 0.447. The molecule has 0 amide bonds. The predicted molar refractivity (Wildman–Crippen MR) is 109 cm³/mol. The van der Waals surface area contributed by atoms with Crippen molar-refractivity contribution in [2.45, 2.75) is 12.2 Å². The van der Waals surface area contributed by atoms with Gasteiger partial charge in [-0.1, -0.05) is 22.0 Å². The van der Waals surface area contributed by atoms with Gasteiger partial charge in [-0.3, -0.25) is 9.69 Å². The number of carboxylic acid groups (broad SMARTS) is 1. The van der Waals surface area contributed by atoms with Gasteiger partial charge in [-0.05, 0) is 24.3 Å². The molecular formula is C20H18BrF3N4O2. The number of nitrogens with zero attached hydrogens (tertiary/aromatic N) is 3. The van der Waals surface area contributed by atoms with Crippen molar-refractivity contribution in [3.05, 3.63) is 58.3 Å². The van der Waals surface area contributed by atoms with Crippen LogP contribution in [0.4, 0.5) is 19.0 Å². The van der Waals surface area contributed by atoms with Gasteiger partial charge in [-0.25, -0.2) is 4.98 Å². The van der Waals surface area contributed by atoms with Crippen LogP contribution in [0.2, 0.25) is 0 Å². The SMILES string of the molecule is O=C(O)C(c1c[nH]c2cc(Br)ccc12)N1CCN(c2ccc(C(F)(F)F)cn2)CC1. The number of aromatic amines is 1. The topological polar surface area (TPSA) is 72.5 Å². The van der Waals surface area contributed by atoms with Crippen LogP contribution in [0.1, 0.15) is 17.2 Å². The quantitative estimate of drug-likeness (QED) is 0.580. The lowest BCUT2D eigenvalue weighted by Crippen LogP contribution is -2.49. The first-order chi connectivity index (χ1) is 14.2. The number of piperazine rings is 1. The molecule has 10 heteroatoms. The van der Waals surface area contributed by atoms with Crippen LogP contribution in [0, 0.1) is 0 Å². The molecule has 2 aromatic heterocycles. The lowest BCUT2D eigenvalue weighted by molar-refractivity contribution is -0.143. The van der Waals surface area contributed by atoms with E-state index in [0.717, 1.165) is 27.6 Å². The predicted octanol–water partition coefficient (Wildman–Crippen LogP) is 4.29. The van der Waals surface area contributed by atoms with E-state index in [9.17, 15) is 23.1 Å². The Morgan fingerprint density at radius 3 is 2.50 bits per heavy atom. The highest BCUT2D eigenvalue weighted by atomic mass is 79.9. The summed E-state index contributed by atoms with van der Waals surface area (Å²) < 4.78 is 39.1. The van der Waals surface area contributed by atoms with Crippen molar-refractivity contribution in [3.8, 4) is 0 Å². The summed E-state index contributed by atoms with van der Waals surface area (Å²) in [6.45, 7) is 1.83. The van der Waals surface area contributed by atoms with E-state index in [-0.39, 0.29) is 0 Å². The standard InChI is InChI=1S/C20H18BrF3N4O2/c21-13-2-3-14-15(11-25-16(14)9-13)18(19(29)30)28-7-5-27(6-8-28)17-4-1-12(10-26-17)20(22,23)24/h1-4,9-11,18,25H,5-8H2,(H,29,30). The van der Waals surface area contributed by atoms with Crippen molar-refractivity contribution >= 4 is 38.6 Å². The number of H-pyrrole nitrogens is 1. The summed E-state index contributed by atoms with van der Waals surface area (Å²) in [6.07, 6.45) is -1.88. The smallest absolute Gasteiger partial charge is 0.417 e. The summed E-state index contributed by atoms with van der Waals surface area (Å²) in [4.78, 5) is 22.9. The first-order valence-electron chi connectivity index (χ1n) is 9.25. The number of fused-ring (bicyclic) bond motifs is 1. The summed E-state index contributed by atoms with van der Waals surface area (Å²) in [5.41, 5.74) is 0.742. The highest BCUT2D eigenvalue weighted by molar-refractivity contribution is 9.10.